The minimum Gasteiger partial charge on any atom is -0.496 e. The van der Waals surface area contributed by atoms with E-state index in [1.54, 1.807) is 36.5 Å². The molecule has 3 N–H and O–H groups in total. The van der Waals surface area contributed by atoms with E-state index in [2.05, 4.69) is 20.9 Å². The minimum absolute atomic E-state index is 0.176. The van der Waals surface area contributed by atoms with Crippen molar-refractivity contribution >= 4 is 29.4 Å². The Labute approximate surface area is 194 Å². The van der Waals surface area contributed by atoms with Gasteiger partial charge in [-0.1, -0.05) is 6.07 Å². The van der Waals surface area contributed by atoms with Gasteiger partial charge in [0.15, 0.2) is 12.2 Å². The molecule has 11 nitrogen and oxygen atoms in total. The maximum atomic E-state index is 12.5. The van der Waals surface area contributed by atoms with E-state index in [0.717, 1.165) is 0 Å². The number of anilines is 2. The van der Waals surface area contributed by atoms with E-state index in [-0.39, 0.29) is 11.7 Å². The largest absolute Gasteiger partial charge is 0.496 e. The fourth-order valence-corrected chi connectivity index (χ4v) is 3.30. The first-order chi connectivity index (χ1) is 16.5. The van der Waals surface area contributed by atoms with Gasteiger partial charge in [-0.05, 0) is 30.3 Å². The molecule has 2 aromatic carbocycles. The van der Waals surface area contributed by atoms with E-state index >= 15 is 0 Å². The average molecular weight is 466 g/mol. The molecule has 0 spiro atoms. The summed E-state index contributed by atoms with van der Waals surface area (Å²) >= 11 is 0. The molecule has 34 heavy (non-hydrogen) atoms. The fraction of sp³-hybridized carbons (Fsp3) is 0.217. The van der Waals surface area contributed by atoms with Crippen molar-refractivity contribution in [1.82, 2.24) is 10.3 Å². The molecule has 0 radical (unpaired) electrons. The van der Waals surface area contributed by atoms with Gasteiger partial charge in [0.2, 0.25) is 0 Å². The van der Waals surface area contributed by atoms with E-state index in [9.17, 15) is 14.4 Å². The number of benzene rings is 2. The topological polar surface area (TPSA) is 141 Å². The van der Waals surface area contributed by atoms with Gasteiger partial charge in [-0.3, -0.25) is 10.1 Å². The Morgan fingerprint density at radius 3 is 2.62 bits per heavy atom. The lowest BCUT2D eigenvalue weighted by Crippen LogP contribution is -2.34. The highest BCUT2D eigenvalue weighted by atomic mass is 16.6. The molecule has 1 aliphatic rings. The van der Waals surface area contributed by atoms with Gasteiger partial charge in [-0.15, -0.1) is 0 Å². The number of amides is 4. The molecule has 2 heterocycles. The molecular weight excluding hydrogens is 444 g/mol. The number of methoxy groups -OCH3 is 1. The Balaban J connectivity index is 1.35. The van der Waals surface area contributed by atoms with Crippen molar-refractivity contribution in [2.24, 2.45) is 0 Å². The molecule has 1 unspecified atom stereocenters. The van der Waals surface area contributed by atoms with Crippen LogP contribution in [0, 0.1) is 0 Å². The normalized spacial score (nSPS) is 14.8. The predicted octanol–water partition coefficient (Wildman–Crippen LogP) is 3.65. The molecular formula is C23H22N4O7. The number of imide groups is 1. The van der Waals surface area contributed by atoms with Crippen LogP contribution >= 0.6 is 0 Å². The number of oxazole rings is 1. The van der Waals surface area contributed by atoms with Crippen LogP contribution in [-0.2, 0) is 9.47 Å². The van der Waals surface area contributed by atoms with Crippen LogP contribution in [0.2, 0.25) is 0 Å². The Bertz CT molecular complexity index is 1170. The quantitative estimate of drug-likeness (QED) is 0.500. The Morgan fingerprint density at radius 1 is 1.09 bits per heavy atom. The number of nitrogens with zero attached hydrogens (tertiary/aromatic N) is 1. The van der Waals surface area contributed by atoms with Crippen molar-refractivity contribution in [3.63, 3.8) is 0 Å². The second-order valence-electron chi connectivity index (χ2n) is 7.29. The summed E-state index contributed by atoms with van der Waals surface area (Å²) in [6.45, 7) is 0.824. The molecule has 176 valence electrons. The van der Waals surface area contributed by atoms with Gasteiger partial charge < -0.3 is 29.3 Å². The van der Waals surface area contributed by atoms with Crippen LogP contribution in [0.15, 0.2) is 59.5 Å². The van der Waals surface area contributed by atoms with Crippen LogP contribution in [0.25, 0.3) is 11.3 Å². The number of hydrogen-bond acceptors (Lipinski definition) is 8. The maximum absolute atomic E-state index is 12.5. The molecule has 0 bridgehead atoms. The monoisotopic (exact) mass is 466 g/mol. The third kappa shape index (κ3) is 5.70. The number of hydrogen-bond donors (Lipinski definition) is 3. The van der Waals surface area contributed by atoms with Crippen LogP contribution in [-0.4, -0.2) is 49.4 Å². The third-order valence-corrected chi connectivity index (χ3v) is 4.92. The lowest BCUT2D eigenvalue weighted by molar-refractivity contribution is 0.0752. The molecule has 1 atom stereocenters. The second-order valence-corrected chi connectivity index (χ2v) is 7.29. The zero-order valence-electron chi connectivity index (χ0n) is 18.2. The maximum Gasteiger partial charge on any atom is 0.414 e. The van der Waals surface area contributed by atoms with Crippen LogP contribution in [0.1, 0.15) is 16.8 Å². The number of carbonyl (C=O) groups is 3. The fourth-order valence-electron chi connectivity index (χ4n) is 3.30. The summed E-state index contributed by atoms with van der Waals surface area (Å²) < 4.78 is 20.9. The molecule has 3 aromatic rings. The lowest BCUT2D eigenvalue weighted by atomic mass is 10.1. The number of carbonyl (C=O) groups excluding carboxylic acids is 3. The Kier molecular flexibility index (Phi) is 7.04. The molecule has 11 heteroatoms. The van der Waals surface area contributed by atoms with Gasteiger partial charge in [0.25, 0.3) is 5.91 Å². The van der Waals surface area contributed by atoms with E-state index in [1.165, 1.54) is 25.6 Å². The summed E-state index contributed by atoms with van der Waals surface area (Å²) in [6.07, 6.45) is 2.25. The number of urea groups is 1. The summed E-state index contributed by atoms with van der Waals surface area (Å²) in [5, 5.41) is 7.50. The van der Waals surface area contributed by atoms with Crippen molar-refractivity contribution in [2.45, 2.75) is 12.5 Å². The van der Waals surface area contributed by atoms with Crippen molar-refractivity contribution in [2.75, 3.05) is 31.0 Å². The van der Waals surface area contributed by atoms with E-state index in [1.807, 2.05) is 0 Å². The molecule has 1 fully saturated rings. The first-order valence-corrected chi connectivity index (χ1v) is 10.4. The van der Waals surface area contributed by atoms with Gasteiger partial charge in [0, 0.05) is 29.4 Å². The number of alkyl carbamates (subject to hydrolysis) is 1. The smallest absolute Gasteiger partial charge is 0.414 e. The van der Waals surface area contributed by atoms with E-state index in [0.29, 0.717) is 48.1 Å². The highest BCUT2D eigenvalue weighted by Gasteiger charge is 2.21. The third-order valence-electron chi connectivity index (χ3n) is 4.92. The summed E-state index contributed by atoms with van der Waals surface area (Å²) in [4.78, 5) is 40.6. The molecule has 0 saturated carbocycles. The van der Waals surface area contributed by atoms with Crippen LogP contribution < -0.4 is 20.7 Å². The Hall–Kier alpha value is -4.38. The summed E-state index contributed by atoms with van der Waals surface area (Å²) in [6, 6.07) is 10.7. The summed E-state index contributed by atoms with van der Waals surface area (Å²) in [5.41, 5.74) is 1.69. The zero-order valence-corrected chi connectivity index (χ0v) is 18.2. The number of aromatic nitrogens is 1. The van der Waals surface area contributed by atoms with Crippen molar-refractivity contribution < 1.29 is 33.0 Å². The summed E-state index contributed by atoms with van der Waals surface area (Å²) in [7, 11) is 1.51. The van der Waals surface area contributed by atoms with Gasteiger partial charge in [-0.25, -0.2) is 14.6 Å². The van der Waals surface area contributed by atoms with Crippen LogP contribution in [0.5, 0.6) is 5.75 Å². The first-order valence-electron chi connectivity index (χ1n) is 10.4. The average Bonchev–Trinajstić information content (AvgIpc) is 3.53. The predicted molar refractivity (Wildman–Crippen MR) is 121 cm³/mol. The van der Waals surface area contributed by atoms with E-state index in [4.69, 9.17) is 18.6 Å². The van der Waals surface area contributed by atoms with E-state index < -0.39 is 18.0 Å². The van der Waals surface area contributed by atoms with Gasteiger partial charge in [0.1, 0.15) is 11.9 Å². The van der Waals surface area contributed by atoms with Crippen molar-refractivity contribution in [1.29, 1.82) is 0 Å². The molecule has 0 aliphatic carbocycles. The number of rotatable bonds is 6. The molecule has 1 aromatic heterocycles. The van der Waals surface area contributed by atoms with Crippen molar-refractivity contribution in [3.05, 3.63) is 60.6 Å². The van der Waals surface area contributed by atoms with Gasteiger partial charge >= 0.3 is 12.1 Å². The number of ether oxygens (including phenoxy) is 3. The van der Waals surface area contributed by atoms with Crippen LogP contribution in [0.3, 0.4) is 0 Å². The molecule has 4 amide bonds. The summed E-state index contributed by atoms with van der Waals surface area (Å²) in [5.74, 6) is 0.369. The minimum atomic E-state index is -0.848. The first kappa shape index (κ1) is 22.8. The second kappa shape index (κ2) is 10.5. The number of nitrogens with one attached hydrogen (secondary N) is 3. The molecule has 1 aliphatic heterocycles. The van der Waals surface area contributed by atoms with Gasteiger partial charge in [0.05, 0.1) is 32.1 Å². The standard InChI is InChI=1S/C23H22N4O7/c1-31-19-10-16(5-6-18(19)20-11-24-13-33-20)26-22(29)25-15-4-2-3-14(9-15)21(28)27-23(30)34-17-7-8-32-12-17/h2-6,9-11,13,17H,7-8,12H2,1H3,(H2,25,26,29)(H,27,28,30). The highest BCUT2D eigenvalue weighted by Crippen LogP contribution is 2.32. The SMILES string of the molecule is COc1cc(NC(=O)Nc2cccc(C(=O)NC(=O)OC3CCOC3)c2)ccc1-c1cnco1. The zero-order chi connectivity index (χ0) is 23.9. The van der Waals surface area contributed by atoms with Gasteiger partial charge in [-0.2, -0.15) is 0 Å². The lowest BCUT2D eigenvalue weighted by Gasteiger charge is -2.12. The molecule has 1 saturated heterocycles. The van der Waals surface area contributed by atoms with Crippen molar-refractivity contribution in [3.8, 4) is 17.1 Å². The molecule has 4 rings (SSSR count). The Morgan fingerprint density at radius 2 is 1.91 bits per heavy atom. The highest BCUT2D eigenvalue weighted by molar-refractivity contribution is 6.05. The van der Waals surface area contributed by atoms with Crippen LogP contribution in [0.4, 0.5) is 21.0 Å².